The normalized spacial score (nSPS) is 17.3. The van der Waals surface area contributed by atoms with E-state index in [0.29, 0.717) is 48.2 Å². The number of Topliss-reactive ketones (excluding diaryl/α,β-unsaturated/α-hetero) is 1. The fourth-order valence-corrected chi connectivity index (χ4v) is 4.43. The van der Waals surface area contributed by atoms with Gasteiger partial charge in [0.25, 0.3) is 11.7 Å². The van der Waals surface area contributed by atoms with Gasteiger partial charge in [0.15, 0.2) is 0 Å². The number of benzene rings is 2. The Balaban J connectivity index is 2.09. The van der Waals surface area contributed by atoms with Gasteiger partial charge in [-0.25, -0.2) is 0 Å². The lowest BCUT2D eigenvalue weighted by atomic mass is 9.95. The van der Waals surface area contributed by atoms with E-state index in [1.54, 1.807) is 23.1 Å². The van der Waals surface area contributed by atoms with E-state index in [1.165, 1.54) is 0 Å². The number of likely N-dealkylation sites (N-methyl/N-ethyl adjacent to an activating group) is 1. The van der Waals surface area contributed by atoms with Crippen LogP contribution in [-0.4, -0.2) is 65.5 Å². The maximum absolute atomic E-state index is 13.4. The highest BCUT2D eigenvalue weighted by atomic mass is 16.5. The topological polar surface area (TPSA) is 79.3 Å². The molecule has 3 rings (SSSR count). The third-order valence-electron chi connectivity index (χ3n) is 6.33. The van der Waals surface area contributed by atoms with E-state index in [4.69, 9.17) is 9.47 Å². The van der Waals surface area contributed by atoms with Crippen molar-refractivity contribution in [2.24, 2.45) is 5.92 Å². The number of hydrogen-bond acceptors (Lipinski definition) is 6. The first-order chi connectivity index (χ1) is 17.7. The van der Waals surface area contributed by atoms with Gasteiger partial charge in [0.1, 0.15) is 17.3 Å². The van der Waals surface area contributed by atoms with Crippen molar-refractivity contribution in [2.45, 2.75) is 53.7 Å². The molecule has 1 aliphatic rings. The minimum absolute atomic E-state index is 0.0298. The molecule has 1 amide bonds. The molecule has 1 fully saturated rings. The molecule has 0 spiro atoms. The van der Waals surface area contributed by atoms with Crippen molar-refractivity contribution in [3.05, 3.63) is 65.2 Å². The zero-order chi connectivity index (χ0) is 27.1. The van der Waals surface area contributed by atoms with Crippen LogP contribution in [-0.2, 0) is 9.59 Å². The van der Waals surface area contributed by atoms with Gasteiger partial charge in [0.05, 0.1) is 24.3 Å². The molecule has 200 valence electrons. The van der Waals surface area contributed by atoms with Gasteiger partial charge >= 0.3 is 0 Å². The summed E-state index contributed by atoms with van der Waals surface area (Å²) in [6.45, 7) is 15.3. The van der Waals surface area contributed by atoms with Crippen LogP contribution in [0.3, 0.4) is 0 Å². The van der Waals surface area contributed by atoms with E-state index in [-0.39, 0.29) is 17.4 Å². The number of ether oxygens (including phenoxy) is 2. The second kappa shape index (κ2) is 12.8. The van der Waals surface area contributed by atoms with Crippen molar-refractivity contribution in [1.82, 2.24) is 9.80 Å². The Labute approximate surface area is 220 Å². The lowest BCUT2D eigenvalue weighted by Gasteiger charge is -2.28. The van der Waals surface area contributed by atoms with Gasteiger partial charge in [-0.2, -0.15) is 0 Å². The lowest BCUT2D eigenvalue weighted by Crippen LogP contribution is -2.38. The molecule has 0 saturated carbocycles. The summed E-state index contributed by atoms with van der Waals surface area (Å²) in [6.07, 6.45) is -0.0298. The van der Waals surface area contributed by atoms with Crippen LogP contribution in [0.2, 0.25) is 0 Å². The summed E-state index contributed by atoms with van der Waals surface area (Å²) in [4.78, 5) is 30.4. The van der Waals surface area contributed by atoms with Gasteiger partial charge in [-0.1, -0.05) is 52.0 Å². The van der Waals surface area contributed by atoms with E-state index in [2.05, 4.69) is 32.6 Å². The van der Waals surface area contributed by atoms with Crippen molar-refractivity contribution in [3.8, 4) is 11.5 Å². The summed E-state index contributed by atoms with van der Waals surface area (Å²) in [5.41, 5.74) is 1.22. The number of likely N-dealkylation sites (tertiary alicyclic amines) is 1. The van der Waals surface area contributed by atoms with Crippen molar-refractivity contribution < 1.29 is 24.2 Å². The highest BCUT2D eigenvalue weighted by Crippen LogP contribution is 2.40. The molecular formula is C30H40N2O5. The third kappa shape index (κ3) is 6.92. The number of rotatable bonds is 12. The minimum Gasteiger partial charge on any atom is -0.507 e. The Hall–Kier alpha value is -3.32. The molecule has 0 bridgehead atoms. The van der Waals surface area contributed by atoms with Gasteiger partial charge in [0.2, 0.25) is 0 Å². The molecule has 1 N–H and O–H groups in total. The summed E-state index contributed by atoms with van der Waals surface area (Å²) in [7, 11) is 0. The molecule has 0 radical (unpaired) electrons. The van der Waals surface area contributed by atoms with Crippen LogP contribution in [0.1, 0.15) is 58.7 Å². The summed E-state index contributed by atoms with van der Waals surface area (Å²) in [6, 6.07) is 13.7. The van der Waals surface area contributed by atoms with Crippen LogP contribution in [0, 0.1) is 5.92 Å². The number of carbonyl (C=O) groups excluding carboxylic acids is 2. The van der Waals surface area contributed by atoms with Crippen molar-refractivity contribution in [2.75, 3.05) is 32.8 Å². The molecule has 1 aliphatic heterocycles. The van der Waals surface area contributed by atoms with Crippen molar-refractivity contribution >= 4 is 17.4 Å². The molecule has 2 aromatic carbocycles. The van der Waals surface area contributed by atoms with Gasteiger partial charge in [-0.3, -0.25) is 9.59 Å². The van der Waals surface area contributed by atoms with Crippen LogP contribution in [0.15, 0.2) is 54.1 Å². The zero-order valence-electron chi connectivity index (χ0n) is 22.9. The summed E-state index contributed by atoms with van der Waals surface area (Å²) < 4.78 is 11.7. The van der Waals surface area contributed by atoms with Crippen LogP contribution in [0.25, 0.3) is 5.76 Å². The number of aliphatic hydroxyl groups is 1. The molecule has 2 aromatic rings. The minimum atomic E-state index is -0.730. The zero-order valence-corrected chi connectivity index (χ0v) is 22.9. The Morgan fingerprint density at radius 1 is 1.00 bits per heavy atom. The SMILES string of the molecule is CCN(CC)CCN1C(=O)C(=O)/C(=C(\O)c2cccc(OCC(C)C)c2)C1c1cccc(OC(C)C)c1. The van der Waals surface area contributed by atoms with E-state index in [9.17, 15) is 14.7 Å². The number of aliphatic hydroxyl groups excluding tert-OH is 1. The summed E-state index contributed by atoms with van der Waals surface area (Å²) in [5.74, 6) is 0.0720. The van der Waals surface area contributed by atoms with Crippen molar-refractivity contribution in [1.29, 1.82) is 0 Å². The first kappa shape index (κ1) is 28.3. The monoisotopic (exact) mass is 508 g/mol. The van der Waals surface area contributed by atoms with Crippen LogP contribution in [0.4, 0.5) is 0 Å². The maximum atomic E-state index is 13.4. The Bertz CT molecular complexity index is 1120. The van der Waals surface area contributed by atoms with Gasteiger partial charge in [0, 0.05) is 18.7 Å². The number of ketones is 1. The quantitative estimate of drug-likeness (QED) is 0.239. The molecule has 1 atom stereocenters. The fraction of sp³-hybridized carbons (Fsp3) is 0.467. The maximum Gasteiger partial charge on any atom is 0.295 e. The predicted molar refractivity (Wildman–Crippen MR) is 146 cm³/mol. The molecule has 0 aromatic heterocycles. The number of carbonyl (C=O) groups is 2. The second-order valence-corrected chi connectivity index (χ2v) is 9.99. The third-order valence-corrected chi connectivity index (χ3v) is 6.33. The van der Waals surface area contributed by atoms with Crippen molar-refractivity contribution in [3.63, 3.8) is 0 Å². The standard InChI is InChI=1S/C30H40N2O5/c1-7-31(8-2)15-16-32-27(22-11-9-14-25(17-22)37-21(5)6)26(29(34)30(32)35)28(33)23-12-10-13-24(18-23)36-19-20(3)4/h9-14,17-18,20-21,27,33H,7-8,15-16,19H2,1-6H3/b28-26-. The van der Waals surface area contributed by atoms with Crippen LogP contribution >= 0.6 is 0 Å². The van der Waals surface area contributed by atoms with Gasteiger partial charge in [-0.15, -0.1) is 0 Å². The lowest BCUT2D eigenvalue weighted by molar-refractivity contribution is -0.140. The Morgan fingerprint density at radius 3 is 2.32 bits per heavy atom. The predicted octanol–water partition coefficient (Wildman–Crippen LogP) is 5.27. The van der Waals surface area contributed by atoms with Gasteiger partial charge in [-0.05, 0) is 62.7 Å². The summed E-state index contributed by atoms with van der Waals surface area (Å²) >= 11 is 0. The molecule has 1 unspecified atom stereocenters. The van der Waals surface area contributed by atoms with E-state index in [0.717, 1.165) is 13.1 Å². The molecule has 1 saturated heterocycles. The largest absolute Gasteiger partial charge is 0.507 e. The van der Waals surface area contributed by atoms with Gasteiger partial charge < -0.3 is 24.4 Å². The van der Waals surface area contributed by atoms with E-state index in [1.807, 2.05) is 44.2 Å². The highest BCUT2D eigenvalue weighted by Gasteiger charge is 2.46. The van der Waals surface area contributed by atoms with Crippen LogP contribution in [0.5, 0.6) is 11.5 Å². The fourth-order valence-electron chi connectivity index (χ4n) is 4.43. The molecular weight excluding hydrogens is 468 g/mol. The Kier molecular flexibility index (Phi) is 9.75. The van der Waals surface area contributed by atoms with E-state index >= 15 is 0 Å². The molecule has 7 nitrogen and oxygen atoms in total. The Morgan fingerprint density at radius 2 is 1.68 bits per heavy atom. The highest BCUT2D eigenvalue weighted by molar-refractivity contribution is 6.46. The van der Waals surface area contributed by atoms with Crippen LogP contribution < -0.4 is 9.47 Å². The second-order valence-electron chi connectivity index (χ2n) is 9.99. The summed E-state index contributed by atoms with van der Waals surface area (Å²) in [5, 5.41) is 11.4. The number of hydrogen-bond donors (Lipinski definition) is 1. The number of amides is 1. The first-order valence-electron chi connectivity index (χ1n) is 13.2. The number of nitrogens with zero attached hydrogens (tertiary/aromatic N) is 2. The van der Waals surface area contributed by atoms with E-state index < -0.39 is 17.7 Å². The molecule has 1 heterocycles. The molecule has 37 heavy (non-hydrogen) atoms. The average Bonchev–Trinajstić information content (AvgIpc) is 3.12. The average molecular weight is 509 g/mol. The molecule has 7 heteroatoms. The first-order valence-corrected chi connectivity index (χ1v) is 13.2. The smallest absolute Gasteiger partial charge is 0.295 e. The molecule has 0 aliphatic carbocycles.